The van der Waals surface area contributed by atoms with Crippen LogP contribution in [0.2, 0.25) is 0 Å². The first-order valence-electron chi connectivity index (χ1n) is 7.90. The predicted octanol–water partition coefficient (Wildman–Crippen LogP) is 4.39. The lowest BCUT2D eigenvalue weighted by molar-refractivity contribution is -0.0389. The smallest absolute Gasteiger partial charge is 0.207 e. The third-order valence-electron chi connectivity index (χ3n) is 4.23. The highest BCUT2D eigenvalue weighted by atomic mass is 32.1. The van der Waals surface area contributed by atoms with Crippen molar-refractivity contribution in [2.24, 2.45) is 0 Å². The molecule has 1 aliphatic carbocycles. The van der Waals surface area contributed by atoms with Gasteiger partial charge in [-0.2, -0.15) is 4.37 Å². The van der Waals surface area contributed by atoms with Crippen molar-refractivity contribution in [3.63, 3.8) is 0 Å². The normalized spacial score (nSPS) is 16.0. The lowest BCUT2D eigenvalue weighted by Crippen LogP contribution is -2.33. The number of thiazole rings is 1. The number of aliphatic hydroxyl groups is 1. The van der Waals surface area contributed by atoms with Crippen LogP contribution in [0.5, 0.6) is 0 Å². The molecule has 0 spiro atoms. The predicted molar refractivity (Wildman–Crippen MR) is 98.0 cm³/mol. The zero-order chi connectivity index (χ0) is 16.7. The van der Waals surface area contributed by atoms with Gasteiger partial charge in [-0.1, -0.05) is 6.07 Å². The second-order valence-electron chi connectivity index (χ2n) is 6.27. The van der Waals surface area contributed by atoms with E-state index in [1.54, 1.807) is 11.3 Å². The minimum Gasteiger partial charge on any atom is -0.383 e. The van der Waals surface area contributed by atoms with Crippen molar-refractivity contribution in [2.45, 2.75) is 38.7 Å². The number of aromatic nitrogens is 3. The van der Waals surface area contributed by atoms with Gasteiger partial charge in [-0.3, -0.25) is 0 Å². The Morgan fingerprint density at radius 2 is 2.04 bits per heavy atom. The number of hydrogen-bond donors (Lipinski definition) is 2. The molecule has 124 valence electrons. The molecule has 24 heavy (non-hydrogen) atoms. The van der Waals surface area contributed by atoms with E-state index in [1.807, 2.05) is 13.1 Å². The fraction of sp³-hybridized carbons (Fsp3) is 0.353. The number of anilines is 2. The summed E-state index contributed by atoms with van der Waals surface area (Å²) in [6.07, 6.45) is 4.57. The molecule has 0 aliphatic heterocycles. The van der Waals surface area contributed by atoms with Crippen LogP contribution in [-0.4, -0.2) is 19.4 Å². The lowest BCUT2D eigenvalue weighted by atomic mass is 9.81. The zero-order valence-electron chi connectivity index (χ0n) is 13.5. The maximum Gasteiger partial charge on any atom is 0.207 e. The van der Waals surface area contributed by atoms with Crippen molar-refractivity contribution in [1.29, 1.82) is 0 Å². The molecule has 0 unspecified atom stereocenters. The highest BCUT2D eigenvalue weighted by molar-refractivity contribution is 7.15. The van der Waals surface area contributed by atoms with Gasteiger partial charge >= 0.3 is 0 Å². The molecule has 0 amide bonds. The van der Waals surface area contributed by atoms with Crippen molar-refractivity contribution in [3.8, 4) is 10.4 Å². The van der Waals surface area contributed by atoms with Gasteiger partial charge in [0.15, 0.2) is 0 Å². The second-order valence-corrected chi connectivity index (χ2v) is 8.06. The van der Waals surface area contributed by atoms with Crippen molar-refractivity contribution in [2.75, 3.05) is 5.32 Å². The highest BCUT2D eigenvalue weighted by Crippen LogP contribution is 2.44. The van der Waals surface area contributed by atoms with E-state index in [-0.39, 0.29) is 0 Å². The van der Waals surface area contributed by atoms with E-state index in [4.69, 9.17) is 0 Å². The molecule has 2 heterocycles. The maximum absolute atomic E-state index is 10.5. The Kier molecular flexibility index (Phi) is 3.86. The second kappa shape index (κ2) is 5.91. The van der Waals surface area contributed by atoms with Crippen molar-refractivity contribution in [1.82, 2.24) is 14.3 Å². The number of nitrogens with one attached hydrogen (secondary N) is 1. The Hall–Kier alpha value is -1.83. The molecule has 2 aromatic heterocycles. The molecule has 7 heteroatoms. The van der Waals surface area contributed by atoms with Gasteiger partial charge in [-0.05, 0) is 56.4 Å². The van der Waals surface area contributed by atoms with Gasteiger partial charge in [-0.15, -0.1) is 11.3 Å². The van der Waals surface area contributed by atoms with Crippen LogP contribution in [0.25, 0.3) is 10.4 Å². The van der Waals surface area contributed by atoms with Gasteiger partial charge in [0, 0.05) is 23.4 Å². The van der Waals surface area contributed by atoms with E-state index < -0.39 is 5.60 Å². The number of benzene rings is 1. The molecule has 1 saturated carbocycles. The Morgan fingerprint density at radius 3 is 2.71 bits per heavy atom. The van der Waals surface area contributed by atoms with Gasteiger partial charge in [-0.25, -0.2) is 9.97 Å². The summed E-state index contributed by atoms with van der Waals surface area (Å²) in [6, 6.07) is 6.31. The summed E-state index contributed by atoms with van der Waals surface area (Å²) >= 11 is 2.94. The van der Waals surface area contributed by atoms with Crippen LogP contribution in [0.15, 0.2) is 24.4 Å². The number of nitrogens with zero attached hydrogens (tertiary/aromatic N) is 3. The average molecular weight is 358 g/mol. The first-order chi connectivity index (χ1) is 11.5. The minimum atomic E-state index is -0.697. The quantitative estimate of drug-likeness (QED) is 0.723. The summed E-state index contributed by atoms with van der Waals surface area (Å²) in [5.74, 6) is 0.774. The van der Waals surface area contributed by atoms with E-state index in [9.17, 15) is 5.11 Å². The lowest BCUT2D eigenvalue weighted by Gasteiger charge is -2.34. The molecular formula is C17H18N4OS2. The maximum atomic E-state index is 10.5. The molecule has 1 aliphatic rings. The Bertz CT molecular complexity index is 882. The van der Waals surface area contributed by atoms with E-state index in [1.165, 1.54) is 11.5 Å². The SMILES string of the molecule is Cc1cc(Nc2nc(C)ns2)cc(-c2cnc(C3(O)CCC3)s2)c1. The summed E-state index contributed by atoms with van der Waals surface area (Å²) in [5.41, 5.74) is 2.55. The van der Waals surface area contributed by atoms with Crippen LogP contribution in [0.1, 0.15) is 35.7 Å². The van der Waals surface area contributed by atoms with Gasteiger partial charge in [0.2, 0.25) is 5.13 Å². The van der Waals surface area contributed by atoms with E-state index in [2.05, 4.69) is 44.8 Å². The van der Waals surface area contributed by atoms with Crippen molar-refractivity contribution >= 4 is 33.7 Å². The van der Waals surface area contributed by atoms with Crippen LogP contribution in [-0.2, 0) is 5.60 Å². The fourth-order valence-electron chi connectivity index (χ4n) is 2.82. The van der Waals surface area contributed by atoms with E-state index >= 15 is 0 Å². The van der Waals surface area contributed by atoms with E-state index in [0.29, 0.717) is 0 Å². The summed E-state index contributed by atoms with van der Waals surface area (Å²) in [7, 11) is 0. The molecule has 1 fully saturated rings. The molecule has 1 aromatic carbocycles. The monoisotopic (exact) mass is 358 g/mol. The summed E-state index contributed by atoms with van der Waals surface area (Å²) in [6.45, 7) is 3.95. The van der Waals surface area contributed by atoms with Gasteiger partial charge in [0.1, 0.15) is 16.4 Å². The first kappa shape index (κ1) is 15.7. The summed E-state index contributed by atoms with van der Waals surface area (Å²) in [5, 5.41) is 15.4. The standard InChI is InChI=1S/C17H18N4OS2/c1-10-6-12(8-13(7-10)20-16-19-11(2)21-24-16)14-9-18-15(23-14)17(22)4-3-5-17/h6-9,22H,3-5H2,1-2H3,(H,19,20,21). The molecular weight excluding hydrogens is 340 g/mol. The molecule has 4 rings (SSSR count). The molecule has 2 N–H and O–H groups in total. The van der Waals surface area contributed by atoms with Crippen LogP contribution in [0, 0.1) is 13.8 Å². The Balaban J connectivity index is 1.63. The molecule has 0 saturated heterocycles. The average Bonchev–Trinajstić information content (AvgIpc) is 3.14. The zero-order valence-corrected chi connectivity index (χ0v) is 15.2. The fourth-order valence-corrected chi connectivity index (χ4v) is 4.46. The first-order valence-corrected chi connectivity index (χ1v) is 9.49. The van der Waals surface area contributed by atoms with Gasteiger partial charge in [0.25, 0.3) is 0 Å². The van der Waals surface area contributed by atoms with Crippen LogP contribution < -0.4 is 5.32 Å². The van der Waals surface area contributed by atoms with E-state index in [0.717, 1.165) is 56.9 Å². The van der Waals surface area contributed by atoms with Gasteiger partial charge in [0.05, 0.1) is 4.88 Å². The van der Waals surface area contributed by atoms with Crippen molar-refractivity contribution in [3.05, 3.63) is 40.8 Å². The number of hydrogen-bond acceptors (Lipinski definition) is 7. The topological polar surface area (TPSA) is 70.9 Å². The van der Waals surface area contributed by atoms with Crippen LogP contribution in [0.4, 0.5) is 10.8 Å². The van der Waals surface area contributed by atoms with Gasteiger partial charge < -0.3 is 10.4 Å². The number of rotatable bonds is 4. The number of aryl methyl sites for hydroxylation is 2. The minimum absolute atomic E-state index is 0.697. The molecule has 0 bridgehead atoms. The highest BCUT2D eigenvalue weighted by Gasteiger charge is 2.39. The molecule has 0 atom stereocenters. The molecule has 3 aromatic rings. The van der Waals surface area contributed by atoms with Crippen LogP contribution in [0.3, 0.4) is 0 Å². The Labute approximate surface area is 148 Å². The third-order valence-corrected chi connectivity index (χ3v) is 6.19. The summed E-state index contributed by atoms with van der Waals surface area (Å²) in [4.78, 5) is 9.88. The van der Waals surface area contributed by atoms with Crippen molar-refractivity contribution < 1.29 is 5.11 Å². The van der Waals surface area contributed by atoms with Crippen LogP contribution >= 0.6 is 22.9 Å². The Morgan fingerprint density at radius 1 is 1.21 bits per heavy atom. The molecule has 0 radical (unpaired) electrons. The molecule has 5 nitrogen and oxygen atoms in total. The third kappa shape index (κ3) is 2.94. The summed E-state index contributed by atoms with van der Waals surface area (Å²) < 4.78 is 4.19. The largest absolute Gasteiger partial charge is 0.383 e.